The summed E-state index contributed by atoms with van der Waals surface area (Å²) in [7, 11) is 0. The quantitative estimate of drug-likeness (QED) is 0.635. The molecule has 1 aliphatic rings. The number of hydrogen-bond acceptors (Lipinski definition) is 0. The number of alkyl halides is 1. The monoisotopic (exact) mass is 246 g/mol. The van der Waals surface area contributed by atoms with Crippen LogP contribution in [-0.4, -0.2) is 5.33 Å². The predicted molar refractivity (Wildman–Crippen MR) is 63.3 cm³/mol. The van der Waals surface area contributed by atoms with Crippen molar-refractivity contribution < 1.29 is 0 Å². The zero-order valence-electron chi connectivity index (χ0n) is 9.06. The Labute approximate surface area is 91.6 Å². The average molecular weight is 247 g/mol. The van der Waals surface area contributed by atoms with Crippen LogP contribution in [0.3, 0.4) is 0 Å². The summed E-state index contributed by atoms with van der Waals surface area (Å²) in [6, 6.07) is 0. The minimum Gasteiger partial charge on any atom is -0.0925 e. The van der Waals surface area contributed by atoms with Crippen LogP contribution >= 0.6 is 15.9 Å². The Morgan fingerprint density at radius 1 is 1.23 bits per heavy atom. The lowest BCUT2D eigenvalue weighted by molar-refractivity contribution is 0.200. The summed E-state index contributed by atoms with van der Waals surface area (Å²) in [6.07, 6.45) is 8.81. The van der Waals surface area contributed by atoms with Crippen LogP contribution in [0.25, 0.3) is 0 Å². The lowest BCUT2D eigenvalue weighted by Crippen LogP contribution is -2.21. The van der Waals surface area contributed by atoms with Crippen molar-refractivity contribution in [2.24, 2.45) is 17.8 Å². The van der Waals surface area contributed by atoms with Crippen LogP contribution in [0.1, 0.15) is 52.4 Å². The van der Waals surface area contributed by atoms with Gasteiger partial charge in [-0.15, -0.1) is 0 Å². The predicted octanol–water partition coefficient (Wildman–Crippen LogP) is 4.62. The Balaban J connectivity index is 2.35. The molecule has 0 nitrogen and oxygen atoms in total. The lowest BCUT2D eigenvalue weighted by atomic mass is 9.74. The molecule has 78 valence electrons. The van der Waals surface area contributed by atoms with Crippen molar-refractivity contribution in [1.82, 2.24) is 0 Å². The molecule has 1 aliphatic carbocycles. The standard InChI is InChI=1S/C12H23Br/c1-3-11-6-4-5-7-12(11)8-10(2)9-13/h10-12H,3-9H2,1-2H3. The van der Waals surface area contributed by atoms with E-state index in [1.54, 1.807) is 0 Å². The molecule has 1 rings (SSSR count). The maximum Gasteiger partial charge on any atom is 0.00571 e. The molecule has 0 bridgehead atoms. The first-order valence-corrected chi connectivity index (χ1v) is 6.96. The van der Waals surface area contributed by atoms with Crippen LogP contribution in [0.5, 0.6) is 0 Å². The summed E-state index contributed by atoms with van der Waals surface area (Å²) in [6.45, 7) is 4.73. The van der Waals surface area contributed by atoms with Crippen LogP contribution in [0.15, 0.2) is 0 Å². The molecular formula is C12H23Br. The normalized spacial score (nSPS) is 31.6. The SMILES string of the molecule is CCC1CCCCC1CC(C)CBr. The second kappa shape index (κ2) is 6.06. The van der Waals surface area contributed by atoms with Gasteiger partial charge in [0, 0.05) is 5.33 Å². The van der Waals surface area contributed by atoms with Gasteiger partial charge in [0.25, 0.3) is 0 Å². The third-order valence-corrected chi connectivity index (χ3v) is 4.66. The zero-order chi connectivity index (χ0) is 9.68. The molecule has 1 saturated carbocycles. The lowest BCUT2D eigenvalue weighted by Gasteiger charge is -2.32. The molecule has 0 aromatic carbocycles. The highest BCUT2D eigenvalue weighted by Gasteiger charge is 2.24. The highest BCUT2D eigenvalue weighted by Crippen LogP contribution is 2.36. The van der Waals surface area contributed by atoms with Crippen molar-refractivity contribution in [3.8, 4) is 0 Å². The van der Waals surface area contributed by atoms with E-state index in [0.717, 1.165) is 17.8 Å². The van der Waals surface area contributed by atoms with Gasteiger partial charge >= 0.3 is 0 Å². The van der Waals surface area contributed by atoms with Gasteiger partial charge in [-0.2, -0.15) is 0 Å². The summed E-state index contributed by atoms with van der Waals surface area (Å²) in [4.78, 5) is 0. The van der Waals surface area contributed by atoms with Crippen molar-refractivity contribution in [1.29, 1.82) is 0 Å². The van der Waals surface area contributed by atoms with Crippen LogP contribution < -0.4 is 0 Å². The Hall–Kier alpha value is 0.480. The number of hydrogen-bond donors (Lipinski definition) is 0. The van der Waals surface area contributed by atoms with Crippen molar-refractivity contribution in [3.05, 3.63) is 0 Å². The molecule has 0 N–H and O–H groups in total. The fourth-order valence-electron chi connectivity index (χ4n) is 2.71. The molecule has 1 heteroatoms. The minimum absolute atomic E-state index is 0.872. The van der Waals surface area contributed by atoms with E-state index in [-0.39, 0.29) is 0 Å². The van der Waals surface area contributed by atoms with Crippen LogP contribution in [0.4, 0.5) is 0 Å². The molecular weight excluding hydrogens is 224 g/mol. The number of rotatable bonds is 4. The Morgan fingerprint density at radius 2 is 1.85 bits per heavy atom. The van der Waals surface area contributed by atoms with Crippen molar-refractivity contribution in [3.63, 3.8) is 0 Å². The van der Waals surface area contributed by atoms with E-state index in [0.29, 0.717) is 0 Å². The van der Waals surface area contributed by atoms with Gasteiger partial charge in [-0.3, -0.25) is 0 Å². The summed E-state index contributed by atoms with van der Waals surface area (Å²) in [5, 5.41) is 1.18. The number of halogens is 1. The van der Waals surface area contributed by atoms with Gasteiger partial charge in [0.1, 0.15) is 0 Å². The molecule has 0 amide bonds. The van der Waals surface area contributed by atoms with E-state index >= 15 is 0 Å². The summed E-state index contributed by atoms with van der Waals surface area (Å²) in [5.74, 6) is 2.94. The fraction of sp³-hybridized carbons (Fsp3) is 1.00. The van der Waals surface area contributed by atoms with Crippen LogP contribution in [-0.2, 0) is 0 Å². The topological polar surface area (TPSA) is 0 Å². The molecule has 3 atom stereocenters. The maximum atomic E-state index is 3.58. The van der Waals surface area contributed by atoms with Gasteiger partial charge in [0.05, 0.1) is 0 Å². The molecule has 0 aromatic rings. The first-order chi connectivity index (χ1) is 6.27. The van der Waals surface area contributed by atoms with Gasteiger partial charge in [0.15, 0.2) is 0 Å². The van der Waals surface area contributed by atoms with Gasteiger partial charge in [-0.25, -0.2) is 0 Å². The maximum absolute atomic E-state index is 3.58. The second-order valence-electron chi connectivity index (χ2n) is 4.71. The molecule has 0 aromatic heterocycles. The van der Waals surface area contributed by atoms with Gasteiger partial charge in [0.2, 0.25) is 0 Å². The van der Waals surface area contributed by atoms with E-state index in [1.807, 2.05) is 0 Å². The molecule has 3 unspecified atom stereocenters. The molecule has 0 aliphatic heterocycles. The highest BCUT2D eigenvalue weighted by molar-refractivity contribution is 9.09. The molecule has 13 heavy (non-hydrogen) atoms. The third-order valence-electron chi connectivity index (χ3n) is 3.56. The van der Waals surface area contributed by atoms with E-state index in [1.165, 1.54) is 43.9 Å². The Bertz CT molecular complexity index is 133. The third kappa shape index (κ3) is 3.61. The highest BCUT2D eigenvalue weighted by atomic mass is 79.9. The summed E-state index contributed by atoms with van der Waals surface area (Å²) in [5.41, 5.74) is 0. The molecule has 0 heterocycles. The van der Waals surface area contributed by atoms with Crippen LogP contribution in [0.2, 0.25) is 0 Å². The van der Waals surface area contributed by atoms with E-state index in [9.17, 15) is 0 Å². The summed E-state index contributed by atoms with van der Waals surface area (Å²) < 4.78 is 0. The van der Waals surface area contributed by atoms with Crippen molar-refractivity contribution in [2.75, 3.05) is 5.33 Å². The van der Waals surface area contributed by atoms with Crippen molar-refractivity contribution in [2.45, 2.75) is 52.4 Å². The van der Waals surface area contributed by atoms with E-state index in [4.69, 9.17) is 0 Å². The smallest absolute Gasteiger partial charge is 0.00571 e. The largest absolute Gasteiger partial charge is 0.0925 e. The van der Waals surface area contributed by atoms with E-state index < -0.39 is 0 Å². The van der Waals surface area contributed by atoms with Crippen molar-refractivity contribution >= 4 is 15.9 Å². The zero-order valence-corrected chi connectivity index (χ0v) is 10.6. The Morgan fingerprint density at radius 3 is 2.38 bits per heavy atom. The second-order valence-corrected chi connectivity index (χ2v) is 5.36. The molecule has 1 fully saturated rings. The molecule has 0 saturated heterocycles. The summed E-state index contributed by atoms with van der Waals surface area (Å²) >= 11 is 3.58. The molecule has 0 spiro atoms. The van der Waals surface area contributed by atoms with Crippen LogP contribution in [0, 0.1) is 17.8 Å². The first kappa shape index (κ1) is 11.6. The first-order valence-electron chi connectivity index (χ1n) is 5.83. The molecule has 0 radical (unpaired) electrons. The van der Waals surface area contributed by atoms with Gasteiger partial charge < -0.3 is 0 Å². The Kier molecular flexibility index (Phi) is 5.38. The van der Waals surface area contributed by atoms with E-state index in [2.05, 4.69) is 29.8 Å². The average Bonchev–Trinajstić information content (AvgIpc) is 2.18. The minimum atomic E-state index is 0.872. The fourth-order valence-corrected chi connectivity index (χ4v) is 2.98. The van der Waals surface area contributed by atoms with Gasteiger partial charge in [-0.1, -0.05) is 61.9 Å². The van der Waals surface area contributed by atoms with Gasteiger partial charge in [-0.05, 0) is 24.2 Å².